The van der Waals surface area contributed by atoms with Crippen molar-refractivity contribution in [2.24, 2.45) is 17.8 Å². The maximum absolute atomic E-state index is 14.2. The SMILES string of the molecule is C=CCO[C@]1(C)C[C@@H](C)NC(=O)[C@H](C)[C@@H](O)[C@](C)(O)[C@@H](CC)OC(=O)[C@H](C)[C@@H](OC(=O)CCNCCCCc2ccccc2)[C@H](C)[C@H]1O[C@@H]1O[C@H](C)C[C@H](N(C)C)[C@H]1O. The number of hydrogen-bond acceptors (Lipinski definition) is 13. The van der Waals surface area contributed by atoms with Crippen LogP contribution in [0.5, 0.6) is 0 Å². The van der Waals surface area contributed by atoms with E-state index in [1.807, 2.05) is 44.1 Å². The Morgan fingerprint density at radius 3 is 2.36 bits per heavy atom. The molecule has 1 aromatic rings. The maximum Gasteiger partial charge on any atom is 0.312 e. The summed E-state index contributed by atoms with van der Waals surface area (Å²) in [7, 11) is 3.75. The second-order valence-electron chi connectivity index (χ2n) is 17.5. The van der Waals surface area contributed by atoms with E-state index < -0.39 is 89.7 Å². The number of hydrogen-bond donors (Lipinski definition) is 5. The van der Waals surface area contributed by atoms with E-state index in [0.29, 0.717) is 19.5 Å². The van der Waals surface area contributed by atoms with E-state index in [2.05, 4.69) is 29.3 Å². The van der Waals surface area contributed by atoms with E-state index >= 15 is 0 Å². The molecule has 14 heteroatoms. The Morgan fingerprint density at radius 1 is 1.05 bits per heavy atom. The highest BCUT2D eigenvalue weighted by molar-refractivity contribution is 5.79. The van der Waals surface area contributed by atoms with Gasteiger partial charge in [-0.1, -0.05) is 57.2 Å². The predicted molar refractivity (Wildman–Crippen MR) is 225 cm³/mol. The fourth-order valence-electron chi connectivity index (χ4n) is 8.59. The second-order valence-corrected chi connectivity index (χ2v) is 17.5. The van der Waals surface area contributed by atoms with Crippen molar-refractivity contribution >= 4 is 17.8 Å². The molecule has 0 bridgehead atoms. The van der Waals surface area contributed by atoms with Crippen LogP contribution in [-0.2, 0) is 44.5 Å². The minimum absolute atomic E-state index is 0.0192. The van der Waals surface area contributed by atoms with Crippen molar-refractivity contribution < 1.29 is 53.4 Å². The van der Waals surface area contributed by atoms with Gasteiger partial charge in [0.05, 0.1) is 48.8 Å². The molecule has 2 heterocycles. The number of nitrogens with one attached hydrogen (secondary N) is 2. The molecule has 0 aromatic heterocycles. The van der Waals surface area contributed by atoms with Crippen molar-refractivity contribution in [3.05, 3.63) is 48.6 Å². The second kappa shape index (κ2) is 23.3. The van der Waals surface area contributed by atoms with E-state index in [-0.39, 0.29) is 38.0 Å². The number of unbranched alkanes of at least 4 members (excludes halogenated alkanes) is 1. The molecule has 0 radical (unpaired) electrons. The van der Waals surface area contributed by atoms with Crippen LogP contribution in [0, 0.1) is 17.8 Å². The lowest BCUT2D eigenvalue weighted by Gasteiger charge is -2.48. The molecule has 0 aliphatic carbocycles. The number of aryl methyl sites for hydroxylation is 1. The summed E-state index contributed by atoms with van der Waals surface area (Å²) < 4.78 is 31.8. The zero-order valence-electron chi connectivity index (χ0n) is 37.2. The third-order valence-electron chi connectivity index (χ3n) is 12.1. The summed E-state index contributed by atoms with van der Waals surface area (Å²) in [6.07, 6.45) is -2.23. The fourth-order valence-corrected chi connectivity index (χ4v) is 8.59. The summed E-state index contributed by atoms with van der Waals surface area (Å²) >= 11 is 0. The number of carbonyl (C=O) groups excluding carboxylic acids is 3. The lowest BCUT2D eigenvalue weighted by Crippen LogP contribution is -2.60. The molecule has 14 nitrogen and oxygen atoms in total. The molecule has 336 valence electrons. The van der Waals surface area contributed by atoms with Crippen LogP contribution < -0.4 is 10.6 Å². The number of benzene rings is 1. The quantitative estimate of drug-likeness (QED) is 0.0919. The first-order chi connectivity index (χ1) is 27.8. The highest BCUT2D eigenvalue weighted by Crippen LogP contribution is 2.38. The largest absolute Gasteiger partial charge is 0.461 e. The van der Waals surface area contributed by atoms with E-state index in [4.69, 9.17) is 23.7 Å². The molecule has 2 aliphatic heterocycles. The van der Waals surface area contributed by atoms with Gasteiger partial charge >= 0.3 is 11.9 Å². The van der Waals surface area contributed by atoms with Crippen molar-refractivity contribution in [1.82, 2.24) is 15.5 Å². The first kappa shape index (κ1) is 50.4. The number of ether oxygens (including phenoxy) is 5. The van der Waals surface area contributed by atoms with Gasteiger partial charge in [0, 0.05) is 24.5 Å². The molecule has 2 saturated heterocycles. The molecular weight excluding hydrogens is 759 g/mol. The predicted octanol–water partition coefficient (Wildman–Crippen LogP) is 3.92. The van der Waals surface area contributed by atoms with Crippen LogP contribution in [0.3, 0.4) is 0 Å². The Balaban J connectivity index is 2.03. The molecule has 1 amide bonds. The van der Waals surface area contributed by atoms with E-state index in [1.54, 1.807) is 40.7 Å². The van der Waals surface area contributed by atoms with Crippen molar-refractivity contribution in [3.63, 3.8) is 0 Å². The Labute approximate surface area is 352 Å². The number of cyclic esters (lactones) is 1. The van der Waals surface area contributed by atoms with Crippen molar-refractivity contribution in [2.45, 2.75) is 167 Å². The number of aliphatic hydroxyl groups is 3. The summed E-state index contributed by atoms with van der Waals surface area (Å²) in [4.78, 5) is 43.5. The average Bonchev–Trinajstić information content (AvgIpc) is 3.19. The molecule has 0 spiro atoms. The Hall–Kier alpha value is -2.95. The summed E-state index contributed by atoms with van der Waals surface area (Å²) in [5, 5.41) is 41.0. The number of amides is 1. The third-order valence-corrected chi connectivity index (χ3v) is 12.1. The average molecular weight is 834 g/mol. The number of aliphatic hydroxyl groups excluding tert-OH is 2. The Kier molecular flexibility index (Phi) is 19.9. The van der Waals surface area contributed by atoms with Gasteiger partial charge in [0.15, 0.2) is 6.29 Å². The molecule has 0 saturated carbocycles. The molecule has 0 unspecified atom stereocenters. The van der Waals surface area contributed by atoms with E-state index in [9.17, 15) is 29.7 Å². The van der Waals surface area contributed by atoms with Gasteiger partial charge in [0.2, 0.25) is 5.91 Å². The first-order valence-electron chi connectivity index (χ1n) is 21.5. The normalized spacial score (nSPS) is 36.5. The van der Waals surface area contributed by atoms with Gasteiger partial charge in [0.1, 0.15) is 23.9 Å². The van der Waals surface area contributed by atoms with Crippen LogP contribution in [0.4, 0.5) is 0 Å². The van der Waals surface area contributed by atoms with Crippen molar-refractivity contribution in [1.29, 1.82) is 0 Å². The van der Waals surface area contributed by atoms with Crippen LogP contribution in [0.25, 0.3) is 0 Å². The molecule has 2 aliphatic rings. The van der Waals surface area contributed by atoms with Gasteiger partial charge in [-0.25, -0.2) is 0 Å². The van der Waals surface area contributed by atoms with Gasteiger partial charge in [0.25, 0.3) is 0 Å². The van der Waals surface area contributed by atoms with Crippen LogP contribution >= 0.6 is 0 Å². The van der Waals surface area contributed by atoms with Gasteiger partial charge in [-0.2, -0.15) is 0 Å². The molecule has 2 fully saturated rings. The van der Waals surface area contributed by atoms with Crippen LogP contribution in [0.2, 0.25) is 0 Å². The maximum atomic E-state index is 14.2. The van der Waals surface area contributed by atoms with Crippen molar-refractivity contribution in [2.75, 3.05) is 33.8 Å². The highest BCUT2D eigenvalue weighted by atomic mass is 16.7. The number of esters is 2. The van der Waals surface area contributed by atoms with Gasteiger partial charge in [-0.05, 0) is 99.3 Å². The van der Waals surface area contributed by atoms with Crippen LogP contribution in [0.1, 0.15) is 99.5 Å². The lowest BCUT2D eigenvalue weighted by molar-refractivity contribution is -0.302. The molecule has 3 rings (SSSR count). The zero-order chi connectivity index (χ0) is 44.1. The summed E-state index contributed by atoms with van der Waals surface area (Å²) in [5.74, 6) is -4.89. The zero-order valence-corrected chi connectivity index (χ0v) is 37.2. The van der Waals surface area contributed by atoms with Gasteiger partial charge < -0.3 is 54.5 Å². The Morgan fingerprint density at radius 2 is 1.73 bits per heavy atom. The number of carbonyl (C=O) groups is 3. The van der Waals surface area contributed by atoms with Crippen LogP contribution in [0.15, 0.2) is 43.0 Å². The van der Waals surface area contributed by atoms with Crippen LogP contribution in [-0.4, -0.2) is 138 Å². The third kappa shape index (κ3) is 14.0. The van der Waals surface area contributed by atoms with E-state index in [0.717, 1.165) is 19.3 Å². The summed E-state index contributed by atoms with van der Waals surface area (Å²) in [5.41, 5.74) is -2.02. The molecular formula is C45H75N3O11. The highest BCUT2D eigenvalue weighted by Gasteiger charge is 2.52. The summed E-state index contributed by atoms with van der Waals surface area (Å²) in [6.45, 7) is 18.4. The van der Waals surface area contributed by atoms with Gasteiger partial charge in [-0.3, -0.25) is 14.4 Å². The lowest BCUT2D eigenvalue weighted by atomic mass is 9.78. The molecule has 59 heavy (non-hydrogen) atoms. The summed E-state index contributed by atoms with van der Waals surface area (Å²) in [6, 6.07) is 9.38. The molecule has 5 N–H and O–H groups in total. The molecule has 14 atom stereocenters. The van der Waals surface area contributed by atoms with E-state index in [1.165, 1.54) is 19.4 Å². The standard InChI is InChI=1S/C45H75N3O11/c1-12-25-55-44(8)27-28(3)47-41(52)32(7)39(51)45(9,54)35(13-2)57-42(53)31(6)38(30(5)40(44)59-43-37(50)34(48(10)11)26-29(4)56-43)58-36(49)22-24-46-23-18-17-21-33-19-15-14-16-20-33/h12,14-16,19-20,28-32,34-35,37-40,43,46,50-51,54H,1,13,17-18,21-27H2,2-11H3,(H,47,52)/t28-,29-,30+,31-,32-,34+,35-,37-,38+,39-,40-,43+,44-,45-/m1/s1. The number of rotatable bonds is 16. The minimum atomic E-state index is -2.02. The minimum Gasteiger partial charge on any atom is -0.461 e. The molecule has 1 aromatic carbocycles. The number of nitrogens with zero attached hydrogens (tertiary/aromatic N) is 1. The monoisotopic (exact) mass is 834 g/mol. The fraction of sp³-hybridized carbons (Fsp3) is 0.756. The topological polar surface area (TPSA) is 185 Å². The smallest absolute Gasteiger partial charge is 0.312 e. The van der Waals surface area contributed by atoms with Gasteiger partial charge in [-0.15, -0.1) is 6.58 Å². The number of likely N-dealkylation sites (N-methyl/N-ethyl adjacent to an activating group) is 1. The Bertz CT molecular complexity index is 1460. The first-order valence-corrected chi connectivity index (χ1v) is 21.5. The van der Waals surface area contributed by atoms with Crippen molar-refractivity contribution in [3.8, 4) is 0 Å².